The van der Waals surface area contributed by atoms with E-state index in [9.17, 15) is 4.79 Å². The molecular weight excluding hydrogens is 264 g/mol. The van der Waals surface area contributed by atoms with Crippen LogP contribution >= 0.6 is 0 Å². The Morgan fingerprint density at radius 2 is 2.05 bits per heavy atom. The Kier molecular flexibility index (Phi) is 3.35. The van der Waals surface area contributed by atoms with E-state index in [1.807, 2.05) is 31.2 Å². The Morgan fingerprint density at radius 3 is 2.76 bits per heavy atom. The topological polar surface area (TPSA) is 65.3 Å². The van der Waals surface area contributed by atoms with Crippen molar-refractivity contribution < 1.29 is 0 Å². The van der Waals surface area contributed by atoms with Crippen LogP contribution in [-0.4, -0.2) is 14.2 Å². The number of aryl methyl sites for hydroxylation is 2. The van der Waals surface area contributed by atoms with Gasteiger partial charge in [0.2, 0.25) is 0 Å². The average Bonchev–Trinajstić information content (AvgIpc) is 2.76. The standard InChI is InChI=1S/C16H18N4O/c1-11-6-7-13(12(2)9-11)14(17)10-20-16(21)19-8-4-3-5-15(19)18-20/h3-9,14H,10,17H2,1-2H3. The van der Waals surface area contributed by atoms with Crippen LogP contribution < -0.4 is 11.4 Å². The average molecular weight is 282 g/mol. The highest BCUT2D eigenvalue weighted by molar-refractivity contribution is 5.36. The van der Waals surface area contributed by atoms with Gasteiger partial charge in [0.1, 0.15) is 0 Å². The summed E-state index contributed by atoms with van der Waals surface area (Å²) in [5, 5.41) is 4.31. The van der Waals surface area contributed by atoms with E-state index in [1.165, 1.54) is 14.6 Å². The fraction of sp³-hybridized carbons (Fsp3) is 0.250. The van der Waals surface area contributed by atoms with Gasteiger partial charge in [-0.15, -0.1) is 5.10 Å². The van der Waals surface area contributed by atoms with Gasteiger partial charge in [0.05, 0.1) is 6.54 Å². The first-order valence-corrected chi connectivity index (χ1v) is 6.93. The molecular formula is C16H18N4O. The molecule has 0 bridgehead atoms. The van der Waals surface area contributed by atoms with Gasteiger partial charge in [-0.2, -0.15) is 0 Å². The van der Waals surface area contributed by atoms with Crippen molar-refractivity contribution in [2.45, 2.75) is 26.4 Å². The SMILES string of the molecule is Cc1ccc(C(N)Cn2nc3ccccn3c2=O)c(C)c1. The summed E-state index contributed by atoms with van der Waals surface area (Å²) >= 11 is 0. The second-order valence-corrected chi connectivity index (χ2v) is 5.36. The highest BCUT2D eigenvalue weighted by Gasteiger charge is 2.13. The molecule has 0 aliphatic heterocycles. The van der Waals surface area contributed by atoms with Crippen molar-refractivity contribution in [2.24, 2.45) is 5.73 Å². The van der Waals surface area contributed by atoms with Crippen LogP contribution in [0.2, 0.25) is 0 Å². The summed E-state index contributed by atoms with van der Waals surface area (Å²) in [5.41, 5.74) is 10.1. The molecule has 2 aromatic heterocycles. The lowest BCUT2D eigenvalue weighted by molar-refractivity contribution is 0.512. The number of pyridine rings is 1. The molecule has 3 aromatic rings. The summed E-state index contributed by atoms with van der Waals surface area (Å²) in [6.07, 6.45) is 1.71. The monoisotopic (exact) mass is 282 g/mol. The lowest BCUT2D eigenvalue weighted by atomic mass is 10.00. The third-order valence-corrected chi connectivity index (χ3v) is 3.68. The molecule has 108 valence electrons. The Morgan fingerprint density at radius 1 is 1.24 bits per heavy atom. The number of nitrogens with two attached hydrogens (primary N) is 1. The zero-order valence-corrected chi connectivity index (χ0v) is 12.2. The van der Waals surface area contributed by atoms with E-state index in [2.05, 4.69) is 18.1 Å². The molecule has 0 saturated heterocycles. The molecule has 2 heterocycles. The highest BCUT2D eigenvalue weighted by Crippen LogP contribution is 2.18. The summed E-state index contributed by atoms with van der Waals surface area (Å²) in [5.74, 6) is 0. The predicted molar refractivity (Wildman–Crippen MR) is 82.3 cm³/mol. The van der Waals surface area contributed by atoms with Crippen LogP contribution in [-0.2, 0) is 6.54 Å². The molecule has 1 aromatic carbocycles. The minimum Gasteiger partial charge on any atom is -0.322 e. The fourth-order valence-electron chi connectivity index (χ4n) is 2.61. The second kappa shape index (κ2) is 5.18. The molecule has 21 heavy (non-hydrogen) atoms. The maximum atomic E-state index is 12.2. The normalized spacial score (nSPS) is 12.7. The maximum Gasteiger partial charge on any atom is 0.350 e. The van der Waals surface area contributed by atoms with Crippen molar-refractivity contribution in [1.82, 2.24) is 14.2 Å². The predicted octanol–water partition coefficient (Wildman–Crippen LogP) is 1.81. The van der Waals surface area contributed by atoms with E-state index in [1.54, 1.807) is 12.3 Å². The van der Waals surface area contributed by atoms with Crippen molar-refractivity contribution in [3.8, 4) is 0 Å². The van der Waals surface area contributed by atoms with Crippen LogP contribution in [0.3, 0.4) is 0 Å². The second-order valence-electron chi connectivity index (χ2n) is 5.36. The van der Waals surface area contributed by atoms with Crippen molar-refractivity contribution in [1.29, 1.82) is 0 Å². The molecule has 1 unspecified atom stereocenters. The van der Waals surface area contributed by atoms with E-state index >= 15 is 0 Å². The van der Waals surface area contributed by atoms with Gasteiger partial charge < -0.3 is 5.73 Å². The summed E-state index contributed by atoms with van der Waals surface area (Å²) in [4.78, 5) is 12.2. The number of hydrogen-bond acceptors (Lipinski definition) is 3. The van der Waals surface area contributed by atoms with Crippen molar-refractivity contribution >= 4 is 5.65 Å². The van der Waals surface area contributed by atoms with E-state index in [-0.39, 0.29) is 11.7 Å². The zero-order valence-electron chi connectivity index (χ0n) is 12.2. The summed E-state index contributed by atoms with van der Waals surface area (Å²) in [6.45, 7) is 4.45. The lowest BCUT2D eigenvalue weighted by Crippen LogP contribution is -2.27. The van der Waals surface area contributed by atoms with Gasteiger partial charge in [0.15, 0.2) is 5.65 Å². The molecule has 3 rings (SSSR count). The Balaban J connectivity index is 1.94. The largest absolute Gasteiger partial charge is 0.350 e. The molecule has 1 atom stereocenters. The smallest absolute Gasteiger partial charge is 0.322 e. The van der Waals surface area contributed by atoms with Crippen LogP contribution in [0.5, 0.6) is 0 Å². The van der Waals surface area contributed by atoms with Crippen LogP contribution in [0.1, 0.15) is 22.7 Å². The maximum absolute atomic E-state index is 12.2. The van der Waals surface area contributed by atoms with Crippen molar-refractivity contribution in [2.75, 3.05) is 0 Å². The highest BCUT2D eigenvalue weighted by atomic mass is 16.2. The van der Waals surface area contributed by atoms with Crippen molar-refractivity contribution in [3.05, 3.63) is 69.8 Å². The first-order chi connectivity index (χ1) is 10.1. The van der Waals surface area contributed by atoms with E-state index in [0.29, 0.717) is 12.2 Å². The molecule has 2 N–H and O–H groups in total. The Bertz CT molecular complexity index is 847. The quantitative estimate of drug-likeness (QED) is 0.797. The first kappa shape index (κ1) is 13.6. The molecule has 0 spiro atoms. The van der Waals surface area contributed by atoms with Crippen LogP contribution in [0.25, 0.3) is 5.65 Å². The number of aromatic nitrogens is 3. The van der Waals surface area contributed by atoms with Gasteiger partial charge in [-0.25, -0.2) is 9.48 Å². The summed E-state index contributed by atoms with van der Waals surface area (Å²) in [6, 6.07) is 11.4. The van der Waals surface area contributed by atoms with Gasteiger partial charge in [-0.05, 0) is 37.1 Å². The molecule has 0 fully saturated rings. The van der Waals surface area contributed by atoms with Gasteiger partial charge in [0, 0.05) is 12.2 Å². The zero-order chi connectivity index (χ0) is 15.0. The van der Waals surface area contributed by atoms with Gasteiger partial charge >= 0.3 is 5.69 Å². The van der Waals surface area contributed by atoms with Crippen LogP contribution in [0, 0.1) is 13.8 Å². The number of fused-ring (bicyclic) bond motifs is 1. The van der Waals surface area contributed by atoms with E-state index in [4.69, 9.17) is 5.73 Å². The molecule has 0 aliphatic rings. The number of hydrogen-bond donors (Lipinski definition) is 1. The number of rotatable bonds is 3. The number of nitrogens with zero attached hydrogens (tertiary/aromatic N) is 3. The third kappa shape index (κ3) is 2.48. The first-order valence-electron chi connectivity index (χ1n) is 6.93. The third-order valence-electron chi connectivity index (χ3n) is 3.68. The fourth-order valence-corrected chi connectivity index (χ4v) is 2.61. The Labute approximate surface area is 122 Å². The molecule has 0 radical (unpaired) electrons. The van der Waals surface area contributed by atoms with E-state index in [0.717, 1.165) is 11.1 Å². The van der Waals surface area contributed by atoms with Gasteiger partial charge in [-0.1, -0.05) is 29.8 Å². The molecule has 5 heteroatoms. The van der Waals surface area contributed by atoms with Gasteiger partial charge in [0.25, 0.3) is 0 Å². The van der Waals surface area contributed by atoms with Crippen LogP contribution in [0.4, 0.5) is 0 Å². The summed E-state index contributed by atoms with van der Waals surface area (Å²) < 4.78 is 2.95. The summed E-state index contributed by atoms with van der Waals surface area (Å²) in [7, 11) is 0. The minimum absolute atomic E-state index is 0.161. The lowest BCUT2D eigenvalue weighted by Gasteiger charge is -2.14. The molecule has 0 amide bonds. The van der Waals surface area contributed by atoms with Crippen LogP contribution in [0.15, 0.2) is 47.4 Å². The minimum atomic E-state index is -0.256. The molecule has 5 nitrogen and oxygen atoms in total. The van der Waals surface area contributed by atoms with Gasteiger partial charge in [-0.3, -0.25) is 4.40 Å². The molecule has 0 saturated carbocycles. The Hall–Kier alpha value is -2.40. The molecule has 0 aliphatic carbocycles. The van der Waals surface area contributed by atoms with Crippen molar-refractivity contribution in [3.63, 3.8) is 0 Å². The van der Waals surface area contributed by atoms with E-state index < -0.39 is 0 Å². The number of benzene rings is 1.